The monoisotopic (exact) mass is 308 g/mol. The SMILES string of the molecule is Cc1ccccc1[C@@H](C)NS(=O)(=O)c1c[nH]c(C(=O)O)c1. The molecule has 0 unspecified atom stereocenters. The Bertz CT molecular complexity index is 765. The van der Waals surface area contributed by atoms with Gasteiger partial charge in [-0.1, -0.05) is 24.3 Å². The maximum Gasteiger partial charge on any atom is 0.352 e. The summed E-state index contributed by atoms with van der Waals surface area (Å²) in [5, 5.41) is 8.81. The molecule has 0 radical (unpaired) electrons. The van der Waals surface area contributed by atoms with E-state index in [1.54, 1.807) is 6.92 Å². The molecule has 2 rings (SSSR count). The number of hydrogen-bond donors (Lipinski definition) is 3. The highest BCUT2D eigenvalue weighted by Crippen LogP contribution is 2.20. The first kappa shape index (κ1) is 15.3. The van der Waals surface area contributed by atoms with Crippen molar-refractivity contribution in [3.63, 3.8) is 0 Å². The van der Waals surface area contributed by atoms with Gasteiger partial charge in [0.05, 0.1) is 0 Å². The van der Waals surface area contributed by atoms with Gasteiger partial charge in [-0.2, -0.15) is 0 Å². The van der Waals surface area contributed by atoms with Crippen LogP contribution in [0.5, 0.6) is 0 Å². The second-order valence-corrected chi connectivity index (χ2v) is 6.47. The van der Waals surface area contributed by atoms with Crippen LogP contribution in [0.4, 0.5) is 0 Å². The van der Waals surface area contributed by atoms with Gasteiger partial charge in [-0.05, 0) is 31.0 Å². The van der Waals surface area contributed by atoms with E-state index in [-0.39, 0.29) is 10.6 Å². The minimum atomic E-state index is -3.78. The maximum absolute atomic E-state index is 12.2. The average molecular weight is 308 g/mol. The standard InChI is InChI=1S/C14H16N2O4S/c1-9-5-3-4-6-12(9)10(2)16-21(19,20)11-7-13(14(17)18)15-8-11/h3-8,10,15-16H,1-2H3,(H,17,18)/t10-/m1/s1. The van der Waals surface area contributed by atoms with Crippen molar-refractivity contribution in [2.75, 3.05) is 0 Å². The summed E-state index contributed by atoms with van der Waals surface area (Å²) in [6.45, 7) is 3.64. The van der Waals surface area contributed by atoms with Crippen LogP contribution in [-0.4, -0.2) is 24.5 Å². The first-order chi connectivity index (χ1) is 9.81. The largest absolute Gasteiger partial charge is 0.477 e. The average Bonchev–Trinajstić information content (AvgIpc) is 2.89. The molecular formula is C14H16N2O4S. The van der Waals surface area contributed by atoms with E-state index < -0.39 is 22.0 Å². The Morgan fingerprint density at radius 3 is 2.57 bits per heavy atom. The van der Waals surface area contributed by atoms with Crippen LogP contribution in [0.2, 0.25) is 0 Å². The molecule has 3 N–H and O–H groups in total. The zero-order valence-corrected chi connectivity index (χ0v) is 12.4. The molecule has 0 spiro atoms. The molecule has 0 aliphatic carbocycles. The van der Waals surface area contributed by atoms with E-state index in [9.17, 15) is 13.2 Å². The van der Waals surface area contributed by atoms with Gasteiger partial charge < -0.3 is 10.1 Å². The molecule has 1 aromatic heterocycles. The maximum atomic E-state index is 12.2. The highest BCUT2D eigenvalue weighted by Gasteiger charge is 2.21. The lowest BCUT2D eigenvalue weighted by atomic mass is 10.0. The van der Waals surface area contributed by atoms with Gasteiger partial charge >= 0.3 is 5.97 Å². The number of aromatic amines is 1. The molecule has 0 amide bonds. The van der Waals surface area contributed by atoms with Gasteiger partial charge in [-0.3, -0.25) is 0 Å². The number of aromatic carboxylic acids is 1. The quantitative estimate of drug-likeness (QED) is 0.787. The number of aromatic nitrogens is 1. The molecule has 0 bridgehead atoms. The number of carbonyl (C=O) groups is 1. The number of carboxylic acids is 1. The van der Waals surface area contributed by atoms with Crippen LogP contribution in [0.25, 0.3) is 0 Å². The van der Waals surface area contributed by atoms with Crippen LogP contribution in [0.1, 0.15) is 34.6 Å². The first-order valence-corrected chi connectivity index (χ1v) is 7.79. The van der Waals surface area contributed by atoms with E-state index in [2.05, 4.69) is 9.71 Å². The lowest BCUT2D eigenvalue weighted by Gasteiger charge is -2.16. The Kier molecular flexibility index (Phi) is 4.15. The van der Waals surface area contributed by atoms with Crippen molar-refractivity contribution in [3.05, 3.63) is 53.3 Å². The smallest absolute Gasteiger partial charge is 0.352 e. The van der Waals surface area contributed by atoms with E-state index >= 15 is 0 Å². The lowest BCUT2D eigenvalue weighted by Crippen LogP contribution is -2.27. The van der Waals surface area contributed by atoms with Crippen molar-refractivity contribution in [3.8, 4) is 0 Å². The van der Waals surface area contributed by atoms with Crippen molar-refractivity contribution in [2.45, 2.75) is 24.8 Å². The summed E-state index contributed by atoms with van der Waals surface area (Å²) in [6, 6.07) is 8.15. The van der Waals surface area contributed by atoms with Crippen molar-refractivity contribution in [2.24, 2.45) is 0 Å². The molecule has 1 heterocycles. The van der Waals surface area contributed by atoms with Gasteiger partial charge in [0.25, 0.3) is 0 Å². The molecule has 0 aliphatic rings. The highest BCUT2D eigenvalue weighted by atomic mass is 32.2. The van der Waals surface area contributed by atoms with Gasteiger partial charge in [0.1, 0.15) is 10.6 Å². The summed E-state index contributed by atoms with van der Waals surface area (Å²) in [5.74, 6) is -1.21. The summed E-state index contributed by atoms with van der Waals surface area (Å²) in [4.78, 5) is 13.1. The molecule has 0 saturated heterocycles. The third-order valence-corrected chi connectivity index (χ3v) is 4.70. The summed E-state index contributed by atoms with van der Waals surface area (Å²) in [5.41, 5.74) is 1.68. The van der Waals surface area contributed by atoms with Gasteiger partial charge in [-0.25, -0.2) is 17.9 Å². The number of aryl methyl sites for hydroxylation is 1. The minimum absolute atomic E-state index is 0.0969. The second kappa shape index (κ2) is 5.71. The molecule has 0 fully saturated rings. The summed E-state index contributed by atoms with van der Waals surface area (Å²) >= 11 is 0. The molecule has 112 valence electrons. The van der Waals surface area contributed by atoms with Gasteiger partial charge in [-0.15, -0.1) is 0 Å². The summed E-state index contributed by atoms with van der Waals surface area (Å²) < 4.78 is 27.0. The number of carboxylic acid groups (broad SMARTS) is 1. The molecular weight excluding hydrogens is 292 g/mol. The molecule has 2 aromatic rings. The van der Waals surface area contributed by atoms with Crippen LogP contribution >= 0.6 is 0 Å². The summed E-state index contributed by atoms with van der Waals surface area (Å²) in [6.07, 6.45) is 1.16. The Balaban J connectivity index is 2.24. The van der Waals surface area contributed by atoms with E-state index in [1.165, 1.54) is 0 Å². The number of sulfonamides is 1. The fourth-order valence-electron chi connectivity index (χ4n) is 2.09. The van der Waals surface area contributed by atoms with Crippen LogP contribution in [0.3, 0.4) is 0 Å². The molecule has 6 nitrogen and oxygen atoms in total. The van der Waals surface area contributed by atoms with E-state index in [0.717, 1.165) is 23.4 Å². The van der Waals surface area contributed by atoms with Crippen molar-refractivity contribution >= 4 is 16.0 Å². The van der Waals surface area contributed by atoms with E-state index in [0.29, 0.717) is 0 Å². The van der Waals surface area contributed by atoms with Gasteiger partial charge in [0.2, 0.25) is 10.0 Å². The Labute approximate surface area is 122 Å². The zero-order chi connectivity index (χ0) is 15.6. The third kappa shape index (κ3) is 3.32. The number of nitrogens with one attached hydrogen (secondary N) is 2. The molecule has 1 atom stereocenters. The van der Waals surface area contributed by atoms with Crippen LogP contribution in [0.15, 0.2) is 41.4 Å². The van der Waals surface area contributed by atoms with Crippen molar-refractivity contribution in [1.29, 1.82) is 0 Å². The van der Waals surface area contributed by atoms with Crippen molar-refractivity contribution < 1.29 is 18.3 Å². The second-order valence-electron chi connectivity index (χ2n) is 4.75. The van der Waals surface area contributed by atoms with Gasteiger partial charge in [0.15, 0.2) is 0 Å². The highest BCUT2D eigenvalue weighted by molar-refractivity contribution is 7.89. The van der Waals surface area contributed by atoms with Crippen LogP contribution in [-0.2, 0) is 10.0 Å². The van der Waals surface area contributed by atoms with Crippen molar-refractivity contribution in [1.82, 2.24) is 9.71 Å². The molecule has 0 saturated carbocycles. The lowest BCUT2D eigenvalue weighted by molar-refractivity contribution is 0.0691. The third-order valence-electron chi connectivity index (χ3n) is 3.18. The minimum Gasteiger partial charge on any atom is -0.477 e. The molecule has 7 heteroatoms. The number of H-pyrrole nitrogens is 1. The number of hydrogen-bond acceptors (Lipinski definition) is 3. The number of rotatable bonds is 5. The van der Waals surface area contributed by atoms with E-state index in [4.69, 9.17) is 5.11 Å². The first-order valence-electron chi connectivity index (χ1n) is 6.31. The zero-order valence-electron chi connectivity index (χ0n) is 11.6. The fourth-order valence-corrected chi connectivity index (χ4v) is 3.31. The number of benzene rings is 1. The predicted octanol–water partition coefficient (Wildman–Crippen LogP) is 2.06. The fraction of sp³-hybridized carbons (Fsp3) is 0.214. The van der Waals surface area contributed by atoms with Crippen LogP contribution in [0, 0.1) is 6.92 Å². The van der Waals surface area contributed by atoms with Crippen LogP contribution < -0.4 is 4.72 Å². The normalized spacial score (nSPS) is 13.0. The molecule has 1 aromatic carbocycles. The summed E-state index contributed by atoms with van der Waals surface area (Å²) in [7, 11) is -3.78. The molecule has 0 aliphatic heterocycles. The Morgan fingerprint density at radius 1 is 1.33 bits per heavy atom. The topological polar surface area (TPSA) is 99.3 Å². The van der Waals surface area contributed by atoms with E-state index in [1.807, 2.05) is 31.2 Å². The Morgan fingerprint density at radius 2 is 2.00 bits per heavy atom. The Hall–Kier alpha value is -2.12. The molecule has 21 heavy (non-hydrogen) atoms. The predicted molar refractivity (Wildman–Crippen MR) is 77.7 cm³/mol. The van der Waals surface area contributed by atoms with Gasteiger partial charge in [0, 0.05) is 12.2 Å².